The van der Waals surface area contributed by atoms with E-state index in [0.29, 0.717) is 0 Å². The molecule has 0 aliphatic heterocycles. The first-order chi connectivity index (χ1) is 8.83. The van der Waals surface area contributed by atoms with E-state index in [1.54, 1.807) is 4.68 Å². The molecule has 0 atom stereocenters. The maximum absolute atomic E-state index is 4.15. The standard InChI is InChI=1S/C15H15N3/c1-18-11-14(10-17-18)16-9-13-7-4-6-12-5-2-3-8-15(12)13/h2-8,10-11,16H,9H2,1H3. The Morgan fingerprint density at radius 3 is 2.78 bits per heavy atom. The molecule has 90 valence electrons. The molecular formula is C15H15N3. The third kappa shape index (κ3) is 2.07. The number of nitrogens with one attached hydrogen (secondary N) is 1. The molecule has 2 aromatic carbocycles. The molecule has 0 spiro atoms. The molecule has 3 aromatic rings. The minimum Gasteiger partial charge on any atom is -0.378 e. The lowest BCUT2D eigenvalue weighted by Crippen LogP contribution is -1.99. The molecule has 0 amide bonds. The average molecular weight is 237 g/mol. The number of anilines is 1. The molecule has 3 heteroatoms. The van der Waals surface area contributed by atoms with Crippen molar-refractivity contribution in [3.63, 3.8) is 0 Å². The lowest BCUT2D eigenvalue weighted by molar-refractivity contribution is 0.768. The molecule has 1 heterocycles. The van der Waals surface area contributed by atoms with Gasteiger partial charge in [0.2, 0.25) is 0 Å². The summed E-state index contributed by atoms with van der Waals surface area (Å²) in [5.41, 5.74) is 2.35. The lowest BCUT2D eigenvalue weighted by Gasteiger charge is -2.07. The van der Waals surface area contributed by atoms with Gasteiger partial charge in [0.25, 0.3) is 0 Å². The van der Waals surface area contributed by atoms with Gasteiger partial charge in [-0.15, -0.1) is 0 Å². The van der Waals surface area contributed by atoms with Gasteiger partial charge in [-0.05, 0) is 16.3 Å². The fraction of sp³-hybridized carbons (Fsp3) is 0.133. The zero-order valence-electron chi connectivity index (χ0n) is 10.3. The Bertz CT molecular complexity index is 665. The van der Waals surface area contributed by atoms with E-state index in [1.807, 2.05) is 19.4 Å². The van der Waals surface area contributed by atoms with Crippen LogP contribution in [0.5, 0.6) is 0 Å². The Kier molecular flexibility index (Phi) is 2.73. The molecule has 3 nitrogen and oxygen atoms in total. The van der Waals surface area contributed by atoms with Crippen molar-refractivity contribution in [3.05, 3.63) is 60.4 Å². The summed E-state index contributed by atoms with van der Waals surface area (Å²) in [4.78, 5) is 0. The van der Waals surface area contributed by atoms with Gasteiger partial charge in [-0.1, -0.05) is 42.5 Å². The van der Waals surface area contributed by atoms with Gasteiger partial charge >= 0.3 is 0 Å². The minimum absolute atomic E-state index is 0.813. The maximum atomic E-state index is 4.15. The number of rotatable bonds is 3. The van der Waals surface area contributed by atoms with Crippen LogP contribution in [0.1, 0.15) is 5.56 Å². The normalized spacial score (nSPS) is 10.7. The summed E-state index contributed by atoms with van der Waals surface area (Å²) < 4.78 is 1.80. The second-order valence-electron chi connectivity index (χ2n) is 4.39. The zero-order valence-corrected chi connectivity index (χ0v) is 10.3. The molecule has 3 rings (SSSR count). The Balaban J connectivity index is 1.86. The maximum Gasteiger partial charge on any atom is 0.0729 e. The van der Waals surface area contributed by atoms with E-state index in [2.05, 4.69) is 52.9 Å². The van der Waals surface area contributed by atoms with Gasteiger partial charge < -0.3 is 5.32 Å². The van der Waals surface area contributed by atoms with Crippen molar-refractivity contribution in [1.82, 2.24) is 9.78 Å². The molecule has 1 aromatic heterocycles. The summed E-state index contributed by atoms with van der Waals surface area (Å²) in [6.07, 6.45) is 3.82. The van der Waals surface area contributed by atoms with Gasteiger partial charge in [0, 0.05) is 19.8 Å². The van der Waals surface area contributed by atoms with Gasteiger partial charge in [-0.3, -0.25) is 4.68 Å². The number of hydrogen-bond donors (Lipinski definition) is 1. The van der Waals surface area contributed by atoms with Crippen molar-refractivity contribution in [2.75, 3.05) is 5.32 Å². The monoisotopic (exact) mass is 237 g/mol. The first kappa shape index (κ1) is 10.8. The minimum atomic E-state index is 0.813. The van der Waals surface area contributed by atoms with Crippen molar-refractivity contribution in [2.45, 2.75) is 6.54 Å². The van der Waals surface area contributed by atoms with Gasteiger partial charge in [-0.25, -0.2) is 0 Å². The molecule has 0 fully saturated rings. The number of fused-ring (bicyclic) bond motifs is 1. The van der Waals surface area contributed by atoms with Crippen LogP contribution in [0.15, 0.2) is 54.9 Å². The molecular weight excluding hydrogens is 222 g/mol. The average Bonchev–Trinajstić information content (AvgIpc) is 2.82. The van der Waals surface area contributed by atoms with Crippen LogP contribution in [0.25, 0.3) is 10.8 Å². The lowest BCUT2D eigenvalue weighted by atomic mass is 10.0. The van der Waals surface area contributed by atoms with Gasteiger partial charge in [0.15, 0.2) is 0 Å². The molecule has 18 heavy (non-hydrogen) atoms. The largest absolute Gasteiger partial charge is 0.378 e. The van der Waals surface area contributed by atoms with E-state index in [0.717, 1.165) is 12.2 Å². The molecule has 0 saturated heterocycles. The van der Waals surface area contributed by atoms with Crippen molar-refractivity contribution in [3.8, 4) is 0 Å². The summed E-state index contributed by atoms with van der Waals surface area (Å²) in [5, 5.41) is 10.1. The summed E-state index contributed by atoms with van der Waals surface area (Å²) in [6.45, 7) is 0.813. The van der Waals surface area contributed by atoms with Crippen LogP contribution in [0.4, 0.5) is 5.69 Å². The molecule has 0 unspecified atom stereocenters. The highest BCUT2D eigenvalue weighted by Crippen LogP contribution is 2.19. The number of benzene rings is 2. The third-order valence-electron chi connectivity index (χ3n) is 3.07. The molecule has 0 saturated carbocycles. The summed E-state index contributed by atoms with van der Waals surface area (Å²) in [7, 11) is 1.92. The zero-order chi connectivity index (χ0) is 12.4. The van der Waals surface area contributed by atoms with E-state index in [1.165, 1.54) is 16.3 Å². The highest BCUT2D eigenvalue weighted by molar-refractivity contribution is 5.85. The van der Waals surface area contributed by atoms with Crippen LogP contribution in [0.3, 0.4) is 0 Å². The third-order valence-corrected chi connectivity index (χ3v) is 3.07. The SMILES string of the molecule is Cn1cc(NCc2cccc3ccccc23)cn1. The highest BCUT2D eigenvalue weighted by Gasteiger charge is 2.00. The Morgan fingerprint density at radius 2 is 1.94 bits per heavy atom. The van der Waals surface area contributed by atoms with Crippen molar-refractivity contribution < 1.29 is 0 Å². The number of aromatic nitrogens is 2. The molecule has 0 aliphatic carbocycles. The van der Waals surface area contributed by atoms with Gasteiger partial charge in [0.1, 0.15) is 0 Å². The van der Waals surface area contributed by atoms with Gasteiger partial charge in [0.05, 0.1) is 11.9 Å². The smallest absolute Gasteiger partial charge is 0.0729 e. The van der Waals surface area contributed by atoms with Crippen LogP contribution < -0.4 is 5.32 Å². The quantitative estimate of drug-likeness (QED) is 0.758. The highest BCUT2D eigenvalue weighted by atomic mass is 15.3. The van der Waals surface area contributed by atoms with E-state index < -0.39 is 0 Å². The number of aryl methyl sites for hydroxylation is 1. The van der Waals surface area contributed by atoms with Crippen LogP contribution in [-0.4, -0.2) is 9.78 Å². The van der Waals surface area contributed by atoms with Crippen molar-refractivity contribution >= 4 is 16.5 Å². The van der Waals surface area contributed by atoms with E-state index in [9.17, 15) is 0 Å². The summed E-state index contributed by atoms with van der Waals surface area (Å²) in [5.74, 6) is 0. The first-order valence-corrected chi connectivity index (χ1v) is 6.02. The van der Waals surface area contributed by atoms with Crippen LogP contribution >= 0.6 is 0 Å². The summed E-state index contributed by atoms with van der Waals surface area (Å²) in [6, 6.07) is 14.9. The first-order valence-electron chi connectivity index (χ1n) is 6.02. The Labute approximate surface area is 106 Å². The van der Waals surface area contributed by atoms with E-state index in [4.69, 9.17) is 0 Å². The molecule has 1 N–H and O–H groups in total. The molecule has 0 bridgehead atoms. The topological polar surface area (TPSA) is 29.9 Å². The van der Waals surface area contributed by atoms with Crippen molar-refractivity contribution in [1.29, 1.82) is 0 Å². The van der Waals surface area contributed by atoms with E-state index in [-0.39, 0.29) is 0 Å². The predicted octanol–water partition coefficient (Wildman–Crippen LogP) is 3.19. The van der Waals surface area contributed by atoms with Crippen LogP contribution in [0, 0.1) is 0 Å². The second kappa shape index (κ2) is 4.53. The Morgan fingerprint density at radius 1 is 1.11 bits per heavy atom. The summed E-state index contributed by atoms with van der Waals surface area (Å²) >= 11 is 0. The predicted molar refractivity (Wildman–Crippen MR) is 74.5 cm³/mol. The van der Waals surface area contributed by atoms with E-state index >= 15 is 0 Å². The van der Waals surface area contributed by atoms with Gasteiger partial charge in [-0.2, -0.15) is 5.10 Å². The van der Waals surface area contributed by atoms with Crippen LogP contribution in [-0.2, 0) is 13.6 Å². The number of hydrogen-bond acceptors (Lipinski definition) is 2. The van der Waals surface area contributed by atoms with Crippen LogP contribution in [0.2, 0.25) is 0 Å². The number of nitrogens with zero attached hydrogens (tertiary/aromatic N) is 2. The molecule has 0 radical (unpaired) electrons. The van der Waals surface area contributed by atoms with Crippen molar-refractivity contribution in [2.24, 2.45) is 7.05 Å². The molecule has 0 aliphatic rings. The second-order valence-corrected chi connectivity index (χ2v) is 4.39. The Hall–Kier alpha value is -2.29. The fourth-order valence-corrected chi connectivity index (χ4v) is 2.16. The fourth-order valence-electron chi connectivity index (χ4n) is 2.16.